The van der Waals surface area contributed by atoms with E-state index in [1.54, 1.807) is 20.3 Å². The number of rotatable bonds is 8. The molecule has 1 amide bonds. The van der Waals surface area contributed by atoms with Crippen molar-refractivity contribution in [3.05, 3.63) is 83.7 Å². The Balaban J connectivity index is 1.54. The predicted octanol–water partition coefficient (Wildman–Crippen LogP) is 5.24. The lowest BCUT2D eigenvalue weighted by Gasteiger charge is -2.10. The lowest BCUT2D eigenvalue weighted by molar-refractivity contribution is -0.121. The first kappa shape index (κ1) is 21.4. The summed E-state index contributed by atoms with van der Waals surface area (Å²) in [6.07, 6.45) is 0.754. The summed E-state index contributed by atoms with van der Waals surface area (Å²) < 4.78 is 24.6. The third kappa shape index (κ3) is 4.59. The summed E-state index contributed by atoms with van der Waals surface area (Å²) in [5.74, 6) is 1.11. The largest absolute Gasteiger partial charge is 0.497 e. The van der Waals surface area contributed by atoms with Crippen molar-refractivity contribution in [3.8, 4) is 22.8 Å². The number of aromatic nitrogens is 1. The second-order valence-electron chi connectivity index (χ2n) is 7.49. The Morgan fingerprint density at radius 2 is 1.78 bits per heavy atom. The second-order valence-corrected chi connectivity index (χ2v) is 7.49. The van der Waals surface area contributed by atoms with Crippen LogP contribution in [0.2, 0.25) is 0 Å². The molecule has 0 atom stereocenters. The summed E-state index contributed by atoms with van der Waals surface area (Å²) in [6, 6.07) is 19.9. The highest BCUT2D eigenvalue weighted by Crippen LogP contribution is 2.32. The number of carbonyl (C=O) groups excluding carboxylic acids is 1. The molecule has 0 saturated carbocycles. The molecule has 1 aromatic heterocycles. The molecule has 2 N–H and O–H groups in total. The smallest absolute Gasteiger partial charge is 0.220 e. The van der Waals surface area contributed by atoms with E-state index in [-0.39, 0.29) is 18.1 Å². The Morgan fingerprint density at radius 1 is 1.00 bits per heavy atom. The molecule has 4 rings (SSSR count). The van der Waals surface area contributed by atoms with Gasteiger partial charge in [0.2, 0.25) is 5.91 Å². The second kappa shape index (κ2) is 9.56. The van der Waals surface area contributed by atoms with Gasteiger partial charge in [0.25, 0.3) is 0 Å². The minimum atomic E-state index is -0.306. The zero-order chi connectivity index (χ0) is 22.5. The number of halogens is 1. The van der Waals surface area contributed by atoms with Gasteiger partial charge in [-0.05, 0) is 66.1 Å². The molecule has 32 heavy (non-hydrogen) atoms. The first-order valence-electron chi connectivity index (χ1n) is 10.4. The number of H-pyrrole nitrogens is 1. The van der Waals surface area contributed by atoms with Gasteiger partial charge in [0.1, 0.15) is 17.3 Å². The molecule has 0 aliphatic rings. The highest BCUT2D eigenvalue weighted by Gasteiger charge is 2.16. The third-order valence-corrected chi connectivity index (χ3v) is 5.52. The monoisotopic (exact) mass is 432 g/mol. The van der Waals surface area contributed by atoms with Gasteiger partial charge in [-0.2, -0.15) is 0 Å². The van der Waals surface area contributed by atoms with Gasteiger partial charge < -0.3 is 19.8 Å². The number of nitrogens with one attached hydrogen (secondary N) is 2. The lowest BCUT2D eigenvalue weighted by atomic mass is 10.0. The summed E-state index contributed by atoms with van der Waals surface area (Å²) in [7, 11) is 3.23. The number of hydrogen-bond donors (Lipinski definition) is 2. The summed E-state index contributed by atoms with van der Waals surface area (Å²) in [6.45, 7) is 0.386. The number of para-hydroxylation sites is 1. The van der Waals surface area contributed by atoms with Crippen molar-refractivity contribution in [2.75, 3.05) is 14.2 Å². The zero-order valence-corrected chi connectivity index (χ0v) is 18.1. The van der Waals surface area contributed by atoms with Crippen molar-refractivity contribution < 1.29 is 18.7 Å². The lowest BCUT2D eigenvalue weighted by Crippen LogP contribution is -2.23. The standard InChI is InChI=1S/C26H25FN2O3/c1-31-20-10-7-17(8-11-20)26-21(22-15-19(27)9-13-23(22)29-26)12-14-25(30)28-16-18-5-3-4-6-24(18)32-2/h3-11,13,15,29H,12,14,16H2,1-2H3,(H,28,30). The highest BCUT2D eigenvalue weighted by molar-refractivity contribution is 5.91. The molecular weight excluding hydrogens is 407 g/mol. The van der Waals surface area contributed by atoms with E-state index in [2.05, 4.69) is 10.3 Å². The SMILES string of the molecule is COc1ccc(-c2[nH]c3ccc(F)cc3c2CCC(=O)NCc2ccccc2OC)cc1. The summed E-state index contributed by atoms with van der Waals surface area (Å²) in [5.41, 5.74) is 4.49. The normalized spacial score (nSPS) is 10.8. The maximum absolute atomic E-state index is 14.0. The molecule has 1 heterocycles. The van der Waals surface area contributed by atoms with Gasteiger partial charge in [0, 0.05) is 35.1 Å². The Bertz CT molecular complexity index is 1230. The summed E-state index contributed by atoms with van der Waals surface area (Å²) in [4.78, 5) is 16.0. The Labute approximate surface area is 186 Å². The molecule has 6 heteroatoms. The minimum Gasteiger partial charge on any atom is -0.497 e. The summed E-state index contributed by atoms with van der Waals surface area (Å²) >= 11 is 0. The fourth-order valence-corrected chi connectivity index (χ4v) is 3.85. The minimum absolute atomic E-state index is 0.0812. The number of aromatic amines is 1. The maximum Gasteiger partial charge on any atom is 0.220 e. The maximum atomic E-state index is 14.0. The molecule has 0 aliphatic heterocycles. The molecule has 4 aromatic rings. The quantitative estimate of drug-likeness (QED) is 0.400. The Hall–Kier alpha value is -3.80. The van der Waals surface area contributed by atoms with Gasteiger partial charge >= 0.3 is 0 Å². The number of carbonyl (C=O) groups is 1. The summed E-state index contributed by atoms with van der Waals surface area (Å²) in [5, 5.41) is 3.74. The molecule has 0 spiro atoms. The van der Waals surface area contributed by atoms with Crippen LogP contribution in [0.1, 0.15) is 17.5 Å². The van der Waals surface area contributed by atoms with Crippen LogP contribution in [0.4, 0.5) is 4.39 Å². The molecular formula is C26H25FN2O3. The first-order chi connectivity index (χ1) is 15.6. The van der Waals surface area contributed by atoms with Crippen molar-refractivity contribution in [3.63, 3.8) is 0 Å². The number of benzene rings is 3. The van der Waals surface area contributed by atoms with Crippen LogP contribution in [-0.4, -0.2) is 25.1 Å². The zero-order valence-electron chi connectivity index (χ0n) is 18.1. The van der Waals surface area contributed by atoms with Crippen LogP contribution < -0.4 is 14.8 Å². The van der Waals surface area contributed by atoms with Gasteiger partial charge in [0.15, 0.2) is 0 Å². The molecule has 164 valence electrons. The molecule has 0 radical (unpaired) electrons. The molecule has 5 nitrogen and oxygen atoms in total. The van der Waals surface area contributed by atoms with Gasteiger partial charge in [0.05, 0.1) is 14.2 Å². The van der Waals surface area contributed by atoms with Crippen LogP contribution in [-0.2, 0) is 17.8 Å². The number of aryl methyl sites for hydroxylation is 1. The number of methoxy groups -OCH3 is 2. The fourth-order valence-electron chi connectivity index (χ4n) is 3.85. The van der Waals surface area contributed by atoms with Gasteiger partial charge in [-0.1, -0.05) is 18.2 Å². The van der Waals surface area contributed by atoms with Crippen LogP contribution in [0.25, 0.3) is 22.2 Å². The van der Waals surface area contributed by atoms with E-state index < -0.39 is 0 Å². The van der Waals surface area contributed by atoms with Crippen LogP contribution in [0.15, 0.2) is 66.7 Å². The van der Waals surface area contributed by atoms with E-state index in [9.17, 15) is 9.18 Å². The molecule has 0 unspecified atom stereocenters. The first-order valence-corrected chi connectivity index (χ1v) is 10.4. The van der Waals surface area contributed by atoms with E-state index in [1.165, 1.54) is 12.1 Å². The van der Waals surface area contributed by atoms with Crippen LogP contribution >= 0.6 is 0 Å². The fraction of sp³-hybridized carbons (Fsp3) is 0.192. The number of fused-ring (bicyclic) bond motifs is 1. The van der Waals surface area contributed by atoms with Gasteiger partial charge in [-0.15, -0.1) is 0 Å². The Morgan fingerprint density at radius 3 is 2.53 bits per heavy atom. The van der Waals surface area contributed by atoms with Crippen LogP contribution in [0, 0.1) is 5.82 Å². The van der Waals surface area contributed by atoms with Crippen molar-refractivity contribution >= 4 is 16.8 Å². The third-order valence-electron chi connectivity index (χ3n) is 5.52. The van der Waals surface area contributed by atoms with Crippen molar-refractivity contribution in [2.45, 2.75) is 19.4 Å². The van der Waals surface area contributed by atoms with Crippen LogP contribution in [0.3, 0.4) is 0 Å². The van der Waals surface area contributed by atoms with E-state index >= 15 is 0 Å². The highest BCUT2D eigenvalue weighted by atomic mass is 19.1. The molecule has 3 aromatic carbocycles. The van der Waals surface area contributed by atoms with Gasteiger partial charge in [-0.25, -0.2) is 4.39 Å². The number of amides is 1. The average Bonchev–Trinajstić information content (AvgIpc) is 3.19. The number of hydrogen-bond acceptors (Lipinski definition) is 3. The predicted molar refractivity (Wildman–Crippen MR) is 123 cm³/mol. The van der Waals surface area contributed by atoms with E-state index in [1.807, 2.05) is 48.5 Å². The molecule has 0 bridgehead atoms. The average molecular weight is 432 g/mol. The van der Waals surface area contributed by atoms with Crippen molar-refractivity contribution in [1.82, 2.24) is 10.3 Å². The van der Waals surface area contributed by atoms with E-state index in [0.29, 0.717) is 13.0 Å². The number of ether oxygens (including phenoxy) is 2. The van der Waals surface area contributed by atoms with E-state index in [0.717, 1.165) is 44.8 Å². The van der Waals surface area contributed by atoms with Crippen molar-refractivity contribution in [2.24, 2.45) is 0 Å². The molecule has 0 aliphatic carbocycles. The topological polar surface area (TPSA) is 63.4 Å². The molecule has 0 fully saturated rings. The Kier molecular flexibility index (Phi) is 6.40. The van der Waals surface area contributed by atoms with E-state index in [4.69, 9.17) is 9.47 Å². The van der Waals surface area contributed by atoms with Crippen molar-refractivity contribution in [1.29, 1.82) is 0 Å². The molecule has 0 saturated heterocycles. The van der Waals surface area contributed by atoms with Gasteiger partial charge in [-0.3, -0.25) is 4.79 Å². The van der Waals surface area contributed by atoms with Crippen LogP contribution in [0.5, 0.6) is 11.5 Å².